The van der Waals surface area contributed by atoms with E-state index in [2.05, 4.69) is 32.7 Å². The highest BCUT2D eigenvalue weighted by atomic mass is 127. The Morgan fingerprint density at radius 3 is 2.73 bits per heavy atom. The Morgan fingerprint density at radius 2 is 2.08 bits per heavy atom. The van der Waals surface area contributed by atoms with E-state index in [0.29, 0.717) is 13.1 Å². The van der Waals surface area contributed by atoms with Crippen LogP contribution in [0.1, 0.15) is 5.76 Å². The fourth-order valence-corrected chi connectivity index (χ4v) is 2.85. The van der Waals surface area contributed by atoms with E-state index in [-0.39, 0.29) is 24.0 Å². The lowest BCUT2D eigenvalue weighted by Gasteiger charge is -2.37. The van der Waals surface area contributed by atoms with Gasteiger partial charge in [-0.3, -0.25) is 4.99 Å². The van der Waals surface area contributed by atoms with Gasteiger partial charge in [0.05, 0.1) is 6.26 Å². The first kappa shape index (κ1) is 20.3. The van der Waals surface area contributed by atoms with Crippen molar-refractivity contribution < 1.29 is 4.42 Å². The smallest absolute Gasteiger partial charge is 0.194 e. The zero-order valence-corrected chi connectivity index (χ0v) is 17.2. The van der Waals surface area contributed by atoms with Crippen LogP contribution in [0, 0.1) is 0 Å². The van der Waals surface area contributed by atoms with Crippen molar-refractivity contribution in [2.24, 2.45) is 4.99 Å². The molecule has 1 saturated heterocycles. The number of nitrogens with zero attached hydrogens (tertiary/aromatic N) is 4. The van der Waals surface area contributed by atoms with E-state index in [1.165, 1.54) is 0 Å². The van der Waals surface area contributed by atoms with Crippen molar-refractivity contribution in [3.8, 4) is 0 Å². The number of hydrogen-bond acceptors (Lipinski definition) is 4. The number of pyridine rings is 1. The molecular formula is C19H26IN5O. The summed E-state index contributed by atoms with van der Waals surface area (Å²) in [6.07, 6.45) is 6.20. The molecule has 1 aliphatic heterocycles. The van der Waals surface area contributed by atoms with Crippen LogP contribution in [-0.2, 0) is 6.42 Å². The van der Waals surface area contributed by atoms with Crippen LogP contribution in [0.15, 0.2) is 64.9 Å². The SMILES string of the molecule is C=CCNC(=NCCc1ccco1)N1CCN(c2ccccn2)CC1.I. The third-order valence-electron chi connectivity index (χ3n) is 4.16. The van der Waals surface area contributed by atoms with Gasteiger partial charge >= 0.3 is 0 Å². The number of aromatic nitrogens is 1. The average molecular weight is 467 g/mol. The van der Waals surface area contributed by atoms with Crippen molar-refractivity contribution in [1.29, 1.82) is 0 Å². The number of guanidine groups is 1. The standard InChI is InChI=1S/C19H25N5O.HI/c1-2-9-21-19(22-11-8-17-6-5-16-25-17)24-14-12-23(13-15-24)18-7-3-4-10-20-18;/h2-7,10,16H,1,8-9,11-15H2,(H,21,22);1H. The Balaban J connectivity index is 0.00000243. The van der Waals surface area contributed by atoms with Crippen LogP contribution in [0.25, 0.3) is 0 Å². The molecule has 2 aromatic rings. The molecule has 0 radical (unpaired) electrons. The number of halogens is 1. The number of aliphatic imine (C=N–C) groups is 1. The van der Waals surface area contributed by atoms with Crippen LogP contribution < -0.4 is 10.2 Å². The van der Waals surface area contributed by atoms with Crippen LogP contribution in [0.2, 0.25) is 0 Å². The highest BCUT2D eigenvalue weighted by molar-refractivity contribution is 14.0. The van der Waals surface area contributed by atoms with Gasteiger partial charge in [0.15, 0.2) is 5.96 Å². The molecule has 0 aliphatic carbocycles. The first-order valence-electron chi connectivity index (χ1n) is 8.69. The summed E-state index contributed by atoms with van der Waals surface area (Å²) in [5.74, 6) is 2.94. The third-order valence-corrected chi connectivity index (χ3v) is 4.16. The van der Waals surface area contributed by atoms with Crippen LogP contribution in [0.3, 0.4) is 0 Å². The van der Waals surface area contributed by atoms with Crippen molar-refractivity contribution in [2.45, 2.75) is 6.42 Å². The fourth-order valence-electron chi connectivity index (χ4n) is 2.85. The molecule has 0 unspecified atom stereocenters. The van der Waals surface area contributed by atoms with E-state index in [4.69, 9.17) is 9.41 Å². The molecule has 2 aromatic heterocycles. The summed E-state index contributed by atoms with van der Waals surface area (Å²) in [5.41, 5.74) is 0. The second-order valence-electron chi connectivity index (χ2n) is 5.87. The van der Waals surface area contributed by atoms with E-state index < -0.39 is 0 Å². The van der Waals surface area contributed by atoms with Crippen molar-refractivity contribution >= 4 is 35.8 Å². The van der Waals surface area contributed by atoms with E-state index >= 15 is 0 Å². The van der Waals surface area contributed by atoms with Crippen molar-refractivity contribution in [2.75, 3.05) is 44.2 Å². The van der Waals surface area contributed by atoms with Gasteiger partial charge in [0.25, 0.3) is 0 Å². The third kappa shape index (κ3) is 5.76. The molecule has 1 fully saturated rings. The molecule has 0 amide bonds. The molecule has 0 bridgehead atoms. The van der Waals surface area contributed by atoms with E-state index in [1.54, 1.807) is 6.26 Å². The van der Waals surface area contributed by atoms with E-state index in [0.717, 1.165) is 50.1 Å². The maximum Gasteiger partial charge on any atom is 0.194 e. The Labute approximate surface area is 172 Å². The second-order valence-corrected chi connectivity index (χ2v) is 5.87. The van der Waals surface area contributed by atoms with Gasteiger partial charge in [-0.2, -0.15) is 0 Å². The lowest BCUT2D eigenvalue weighted by Crippen LogP contribution is -2.52. The molecule has 0 saturated carbocycles. The van der Waals surface area contributed by atoms with Crippen LogP contribution in [0.5, 0.6) is 0 Å². The molecule has 0 spiro atoms. The lowest BCUT2D eigenvalue weighted by atomic mass is 10.3. The summed E-state index contributed by atoms with van der Waals surface area (Å²) in [6, 6.07) is 9.93. The molecule has 6 nitrogen and oxygen atoms in total. The van der Waals surface area contributed by atoms with Crippen molar-refractivity contribution in [3.05, 3.63) is 61.2 Å². The van der Waals surface area contributed by atoms with Crippen LogP contribution in [0.4, 0.5) is 5.82 Å². The molecular weight excluding hydrogens is 441 g/mol. The Kier molecular flexibility index (Phi) is 8.46. The molecule has 7 heteroatoms. The van der Waals surface area contributed by atoms with Gasteiger partial charge in [-0.15, -0.1) is 30.6 Å². The maximum absolute atomic E-state index is 5.37. The summed E-state index contributed by atoms with van der Waals surface area (Å²) < 4.78 is 5.37. The van der Waals surface area contributed by atoms with Gasteiger partial charge in [-0.25, -0.2) is 4.98 Å². The summed E-state index contributed by atoms with van der Waals surface area (Å²) in [5, 5.41) is 3.37. The summed E-state index contributed by atoms with van der Waals surface area (Å²) in [6.45, 7) is 8.90. The monoisotopic (exact) mass is 467 g/mol. The normalized spacial score (nSPS) is 14.7. The number of anilines is 1. The zero-order chi connectivity index (χ0) is 17.3. The first-order valence-corrected chi connectivity index (χ1v) is 8.69. The molecule has 0 aromatic carbocycles. The molecule has 140 valence electrons. The Morgan fingerprint density at radius 1 is 1.23 bits per heavy atom. The molecule has 1 N–H and O–H groups in total. The summed E-state index contributed by atoms with van der Waals surface area (Å²) >= 11 is 0. The Bertz CT molecular complexity index is 667. The second kappa shape index (κ2) is 10.8. The van der Waals surface area contributed by atoms with Crippen LogP contribution >= 0.6 is 24.0 Å². The van der Waals surface area contributed by atoms with E-state index in [9.17, 15) is 0 Å². The predicted octanol–water partition coefficient (Wildman–Crippen LogP) is 2.79. The van der Waals surface area contributed by atoms with Gasteiger partial charge in [0.1, 0.15) is 11.6 Å². The fraction of sp³-hybridized carbons (Fsp3) is 0.368. The molecule has 0 atom stereocenters. The largest absolute Gasteiger partial charge is 0.469 e. The highest BCUT2D eigenvalue weighted by Gasteiger charge is 2.20. The molecule has 3 rings (SSSR count). The van der Waals surface area contributed by atoms with Crippen molar-refractivity contribution in [3.63, 3.8) is 0 Å². The van der Waals surface area contributed by atoms with Gasteiger partial charge in [-0.1, -0.05) is 12.1 Å². The maximum atomic E-state index is 5.37. The number of nitrogens with one attached hydrogen (secondary N) is 1. The zero-order valence-electron chi connectivity index (χ0n) is 14.9. The van der Waals surface area contributed by atoms with Gasteiger partial charge < -0.3 is 19.5 Å². The van der Waals surface area contributed by atoms with Gasteiger partial charge in [-0.05, 0) is 24.3 Å². The lowest BCUT2D eigenvalue weighted by molar-refractivity contribution is 0.372. The molecule has 3 heterocycles. The van der Waals surface area contributed by atoms with Crippen LogP contribution in [-0.4, -0.2) is 55.1 Å². The van der Waals surface area contributed by atoms with Gasteiger partial charge in [0.2, 0.25) is 0 Å². The number of rotatable bonds is 6. The van der Waals surface area contributed by atoms with E-state index in [1.807, 2.05) is 36.5 Å². The number of hydrogen-bond donors (Lipinski definition) is 1. The minimum atomic E-state index is 0. The quantitative estimate of drug-likeness (QED) is 0.307. The minimum Gasteiger partial charge on any atom is -0.469 e. The average Bonchev–Trinajstić information content (AvgIpc) is 3.19. The minimum absolute atomic E-state index is 0. The number of furan rings is 1. The van der Waals surface area contributed by atoms with Crippen molar-refractivity contribution in [1.82, 2.24) is 15.2 Å². The topological polar surface area (TPSA) is 56.9 Å². The summed E-state index contributed by atoms with van der Waals surface area (Å²) in [7, 11) is 0. The molecule has 26 heavy (non-hydrogen) atoms. The highest BCUT2D eigenvalue weighted by Crippen LogP contribution is 2.12. The van der Waals surface area contributed by atoms with Gasteiger partial charge in [0, 0.05) is 51.9 Å². The Hall–Kier alpha value is -2.03. The first-order chi connectivity index (χ1) is 12.4. The number of piperazine rings is 1. The predicted molar refractivity (Wildman–Crippen MR) is 116 cm³/mol. The summed E-state index contributed by atoms with van der Waals surface area (Å²) in [4.78, 5) is 13.8. The molecule has 1 aliphatic rings.